The molecule has 116 valence electrons. The number of carbonyl (C=O) groups is 2. The Hall–Kier alpha value is -2.47. The summed E-state index contributed by atoms with van der Waals surface area (Å²) in [6, 6.07) is 9.53. The molecule has 6 nitrogen and oxygen atoms in total. The predicted molar refractivity (Wildman–Crippen MR) is 82.3 cm³/mol. The van der Waals surface area contributed by atoms with Gasteiger partial charge in [0.1, 0.15) is 6.61 Å². The van der Waals surface area contributed by atoms with E-state index in [-0.39, 0.29) is 28.6 Å². The van der Waals surface area contributed by atoms with Crippen LogP contribution >= 0.6 is 0 Å². The van der Waals surface area contributed by atoms with Crippen LogP contribution in [-0.4, -0.2) is 48.7 Å². The third-order valence-corrected chi connectivity index (χ3v) is 3.70. The molecule has 22 heavy (non-hydrogen) atoms. The first-order chi connectivity index (χ1) is 10.4. The minimum Gasteiger partial charge on any atom is -0.477 e. The smallest absolute Gasteiger partial charge is 0.390 e. The Labute approximate surface area is 129 Å². The average molecular weight is 302 g/mol. The normalized spacial score (nSPS) is 17.1. The topological polar surface area (TPSA) is 59.0 Å². The largest absolute Gasteiger partial charge is 0.477 e. The van der Waals surface area contributed by atoms with E-state index in [1.165, 1.54) is 4.90 Å². The summed E-state index contributed by atoms with van der Waals surface area (Å²) in [5.41, 5.74) is 0.937. The van der Waals surface area contributed by atoms with Crippen LogP contribution in [-0.2, 0) is 20.9 Å². The minimum absolute atomic E-state index is 0.0275. The first kappa shape index (κ1) is 15.9. The van der Waals surface area contributed by atoms with Crippen molar-refractivity contribution in [2.24, 2.45) is 4.99 Å². The van der Waals surface area contributed by atoms with Crippen molar-refractivity contribution in [2.75, 3.05) is 21.1 Å². The van der Waals surface area contributed by atoms with Crippen LogP contribution in [0, 0.1) is 0 Å². The highest BCUT2D eigenvalue weighted by Gasteiger charge is 2.42. The van der Waals surface area contributed by atoms with Crippen LogP contribution in [0.15, 0.2) is 46.9 Å². The van der Waals surface area contributed by atoms with Gasteiger partial charge in [-0.05, 0) is 5.56 Å². The third-order valence-electron chi connectivity index (χ3n) is 3.70. The molecule has 0 radical (unpaired) electrons. The van der Waals surface area contributed by atoms with Gasteiger partial charge in [-0.3, -0.25) is 9.69 Å². The van der Waals surface area contributed by atoms with E-state index < -0.39 is 0 Å². The van der Waals surface area contributed by atoms with E-state index in [0.717, 1.165) is 5.56 Å². The van der Waals surface area contributed by atoms with Crippen molar-refractivity contribution in [3.05, 3.63) is 47.5 Å². The lowest BCUT2D eigenvalue weighted by atomic mass is 10.2. The molecule has 1 aromatic rings. The van der Waals surface area contributed by atoms with Crippen LogP contribution in [0.5, 0.6) is 0 Å². The van der Waals surface area contributed by atoms with E-state index in [2.05, 4.69) is 4.99 Å². The molecular formula is C16H20N3O3+. The second-order valence-corrected chi connectivity index (χ2v) is 5.56. The monoisotopic (exact) mass is 302 g/mol. The molecule has 0 aliphatic carbocycles. The number of quaternary nitrogens is 1. The van der Waals surface area contributed by atoms with E-state index in [0.29, 0.717) is 12.2 Å². The fourth-order valence-electron chi connectivity index (χ4n) is 1.97. The van der Waals surface area contributed by atoms with E-state index in [4.69, 9.17) is 4.74 Å². The molecule has 0 fully saturated rings. The van der Waals surface area contributed by atoms with Gasteiger partial charge in [-0.1, -0.05) is 30.3 Å². The summed E-state index contributed by atoms with van der Waals surface area (Å²) < 4.78 is 5.68. The van der Waals surface area contributed by atoms with E-state index in [1.807, 2.05) is 30.3 Å². The molecular weight excluding hydrogens is 282 g/mol. The first-order valence-electron chi connectivity index (χ1n) is 6.91. The van der Waals surface area contributed by atoms with Crippen LogP contribution in [0.25, 0.3) is 0 Å². The van der Waals surface area contributed by atoms with Crippen LogP contribution < -0.4 is 0 Å². The number of aliphatic imine (C=N–C) groups is 1. The summed E-state index contributed by atoms with van der Waals surface area (Å²) in [6.07, 6.45) is 0.608. The molecule has 0 unspecified atom stereocenters. The highest BCUT2D eigenvalue weighted by molar-refractivity contribution is 5.98. The summed E-state index contributed by atoms with van der Waals surface area (Å²) >= 11 is 0. The summed E-state index contributed by atoms with van der Waals surface area (Å²) in [5, 5.41) is 0. The van der Waals surface area contributed by atoms with Crippen molar-refractivity contribution in [3.63, 3.8) is 0 Å². The van der Waals surface area contributed by atoms with Crippen LogP contribution in [0.2, 0.25) is 0 Å². The highest BCUT2D eigenvalue weighted by atomic mass is 16.5. The van der Waals surface area contributed by atoms with Gasteiger partial charge in [0.05, 0.1) is 14.1 Å². The van der Waals surface area contributed by atoms with Gasteiger partial charge in [-0.25, -0.2) is 9.28 Å². The van der Waals surface area contributed by atoms with Gasteiger partial charge >= 0.3 is 5.91 Å². The first-order valence-corrected chi connectivity index (χ1v) is 6.91. The SMILES string of the molecule is CC1=NC(N(C)C=O)=C(OCc2ccccc2)C(=O)[N+]1(C)C. The zero-order valence-corrected chi connectivity index (χ0v) is 13.2. The maximum atomic E-state index is 12.7. The molecule has 1 aliphatic rings. The lowest BCUT2D eigenvalue weighted by Gasteiger charge is -2.31. The predicted octanol–water partition coefficient (Wildman–Crippen LogP) is 1.50. The number of amidine groups is 1. The van der Waals surface area contributed by atoms with Crippen LogP contribution in [0.3, 0.4) is 0 Å². The molecule has 0 N–H and O–H groups in total. The summed E-state index contributed by atoms with van der Waals surface area (Å²) in [7, 11) is 5.03. The van der Waals surface area contributed by atoms with Gasteiger partial charge < -0.3 is 4.74 Å². The van der Waals surface area contributed by atoms with Crippen molar-refractivity contribution in [2.45, 2.75) is 13.5 Å². The Balaban J connectivity index is 2.36. The Morgan fingerprint density at radius 3 is 2.50 bits per heavy atom. The molecule has 1 heterocycles. The molecule has 6 heteroatoms. The highest BCUT2D eigenvalue weighted by Crippen LogP contribution is 2.24. The number of rotatable bonds is 5. The molecule has 1 aliphatic heterocycles. The average Bonchev–Trinajstić information content (AvgIpc) is 2.52. The summed E-state index contributed by atoms with van der Waals surface area (Å²) in [5.74, 6) is 0.716. The van der Waals surface area contributed by atoms with Crippen molar-refractivity contribution in [3.8, 4) is 0 Å². The standard InChI is InChI=1S/C16H20N3O3/c1-12-17-15(18(2)11-20)14(16(21)19(12,3)4)22-10-13-8-6-5-7-9-13/h5-9,11H,10H2,1-4H3/q+1. The fourth-order valence-corrected chi connectivity index (χ4v) is 1.97. The Bertz CT molecular complexity index is 648. The van der Waals surface area contributed by atoms with Crippen molar-refractivity contribution in [1.29, 1.82) is 0 Å². The molecule has 0 atom stereocenters. The lowest BCUT2D eigenvalue weighted by Crippen LogP contribution is -2.53. The van der Waals surface area contributed by atoms with Gasteiger partial charge in [0.2, 0.25) is 12.2 Å². The van der Waals surface area contributed by atoms with Crippen LogP contribution in [0.1, 0.15) is 12.5 Å². The lowest BCUT2D eigenvalue weighted by molar-refractivity contribution is -0.718. The molecule has 2 rings (SSSR count). The molecule has 0 saturated carbocycles. The number of carbonyl (C=O) groups excluding carboxylic acids is 2. The number of benzene rings is 1. The number of hydrogen-bond donors (Lipinski definition) is 0. The van der Waals surface area contributed by atoms with Gasteiger partial charge in [0.15, 0.2) is 5.82 Å². The zero-order chi connectivity index (χ0) is 16.3. The maximum Gasteiger partial charge on any atom is 0.390 e. The molecule has 0 aromatic heterocycles. The fraction of sp³-hybridized carbons (Fsp3) is 0.312. The zero-order valence-electron chi connectivity index (χ0n) is 13.2. The number of amides is 2. The molecule has 0 spiro atoms. The van der Waals surface area contributed by atoms with Crippen molar-refractivity contribution in [1.82, 2.24) is 4.90 Å². The summed E-state index contributed by atoms with van der Waals surface area (Å²) in [4.78, 5) is 29.3. The number of ether oxygens (including phenoxy) is 1. The van der Waals surface area contributed by atoms with Gasteiger partial charge in [0.25, 0.3) is 5.76 Å². The van der Waals surface area contributed by atoms with Gasteiger partial charge in [-0.2, -0.15) is 4.99 Å². The van der Waals surface area contributed by atoms with Crippen LogP contribution in [0.4, 0.5) is 0 Å². The van der Waals surface area contributed by atoms with E-state index in [9.17, 15) is 9.59 Å². The number of nitrogens with zero attached hydrogens (tertiary/aromatic N) is 3. The number of hydrogen-bond acceptors (Lipinski definition) is 4. The minimum atomic E-state index is -0.230. The molecule has 0 saturated heterocycles. The molecule has 0 bridgehead atoms. The number of likely N-dealkylation sites (N-methyl/N-ethyl adjacent to an activating group) is 1. The second-order valence-electron chi connectivity index (χ2n) is 5.56. The molecule has 2 amide bonds. The third kappa shape index (κ3) is 2.92. The Morgan fingerprint density at radius 2 is 1.91 bits per heavy atom. The van der Waals surface area contributed by atoms with Gasteiger partial charge in [-0.15, -0.1) is 0 Å². The second kappa shape index (κ2) is 6.11. The molecule has 1 aromatic carbocycles. The Kier molecular flexibility index (Phi) is 4.42. The summed E-state index contributed by atoms with van der Waals surface area (Å²) in [6.45, 7) is 2.00. The van der Waals surface area contributed by atoms with E-state index in [1.54, 1.807) is 28.1 Å². The van der Waals surface area contributed by atoms with Crippen molar-refractivity contribution < 1.29 is 18.8 Å². The Morgan fingerprint density at radius 1 is 1.27 bits per heavy atom. The van der Waals surface area contributed by atoms with E-state index >= 15 is 0 Å². The van der Waals surface area contributed by atoms with Crippen molar-refractivity contribution >= 4 is 18.2 Å². The maximum absolute atomic E-state index is 12.7. The quantitative estimate of drug-likeness (QED) is 0.612. The van der Waals surface area contributed by atoms with Gasteiger partial charge in [0, 0.05) is 14.0 Å².